The molecule has 234 valence electrons. The zero-order valence-corrected chi connectivity index (χ0v) is 31.7. The molecule has 13 heteroatoms. The van der Waals surface area contributed by atoms with Gasteiger partial charge >= 0.3 is 0 Å². The van der Waals surface area contributed by atoms with Gasteiger partial charge in [0.05, 0.1) is 6.61 Å². The highest BCUT2D eigenvalue weighted by atomic mass is 35.5. The van der Waals surface area contributed by atoms with Crippen LogP contribution >= 0.6 is 11.6 Å². The van der Waals surface area contributed by atoms with E-state index in [1.807, 2.05) is 0 Å². The molecule has 0 aliphatic carbocycles. The molecule has 2 aromatic heterocycles. The van der Waals surface area contributed by atoms with Crippen LogP contribution in [0, 0.1) is 0 Å². The monoisotopic (exact) mass is 643 g/mol. The van der Waals surface area contributed by atoms with Crippen LogP contribution in [0.1, 0.15) is 68.5 Å². The molecular formula is C28H54ClN5O4Si3. The number of fused-ring (bicyclic) bond motifs is 1. The number of rotatable bonds is 8. The number of anilines is 1. The van der Waals surface area contributed by atoms with Crippen LogP contribution in [0.2, 0.25) is 59.7 Å². The maximum Gasteiger partial charge on any atom is 0.207 e. The fourth-order valence-corrected chi connectivity index (χ4v) is 7.86. The number of nitrogen functional groups attached to an aromatic ring is 1. The fraction of sp³-hybridized carbons (Fsp3) is 0.821. The molecule has 4 atom stereocenters. The molecule has 0 spiro atoms. The second-order valence-electron chi connectivity index (χ2n) is 16.0. The maximum absolute atomic E-state index is 7.22. The van der Waals surface area contributed by atoms with Gasteiger partial charge in [-0.25, -0.2) is 15.0 Å². The summed E-state index contributed by atoms with van der Waals surface area (Å²) in [6.07, 6.45) is -0.451. The Labute approximate surface area is 255 Å². The minimum absolute atomic E-state index is 0.0154. The maximum atomic E-state index is 7.22. The van der Waals surface area contributed by atoms with Crippen molar-refractivity contribution in [2.45, 2.75) is 141 Å². The van der Waals surface area contributed by atoms with Crippen LogP contribution in [0.25, 0.3) is 11.2 Å². The molecule has 0 saturated carbocycles. The highest BCUT2D eigenvalue weighted by molar-refractivity contribution is 6.75. The van der Waals surface area contributed by atoms with Crippen molar-refractivity contribution in [3.8, 4) is 0 Å². The number of hydrogen-bond donors (Lipinski definition) is 1. The Morgan fingerprint density at radius 3 is 1.80 bits per heavy atom. The van der Waals surface area contributed by atoms with Crippen LogP contribution in [-0.4, -0.2) is 69.4 Å². The molecule has 2 N–H and O–H groups in total. The predicted molar refractivity (Wildman–Crippen MR) is 176 cm³/mol. The SMILES string of the molecule is CC(C)(C)[Si](C)(C)OC[C@H]1O[C@@H](n2c(Cl)nc3c(N)ncnc32)[C@H](O[Si](C)(C)C(C)(C)C)[C@@H]1O[Si](C)(C)C(C)(C)C. The van der Waals surface area contributed by atoms with Gasteiger partial charge in [-0.2, -0.15) is 0 Å². The minimum Gasteiger partial charge on any atom is -0.414 e. The summed E-state index contributed by atoms with van der Waals surface area (Å²) >= 11 is 6.80. The smallest absolute Gasteiger partial charge is 0.207 e. The molecule has 0 unspecified atom stereocenters. The average Bonchev–Trinajstić information content (AvgIpc) is 3.27. The van der Waals surface area contributed by atoms with Crippen LogP contribution in [0.15, 0.2) is 6.33 Å². The lowest BCUT2D eigenvalue weighted by molar-refractivity contribution is -0.0469. The van der Waals surface area contributed by atoms with E-state index in [0.29, 0.717) is 17.8 Å². The van der Waals surface area contributed by atoms with E-state index in [4.69, 9.17) is 35.3 Å². The number of ether oxygens (including phenoxy) is 1. The standard InChI is InChI=1S/C28H54ClN5O4Si3/c1-26(2,3)39(10,11)35-16-18-20(37-40(12,13)27(4,5)6)21(38-41(14,15)28(7,8)9)24(36-18)34-23-19(33-25(34)29)22(30)31-17-32-23/h17-18,20-21,24H,16H2,1-15H3,(H2,30,31,32)/t18-,20-,21-,24-/m1/s1. The van der Waals surface area contributed by atoms with Crippen LogP contribution < -0.4 is 5.73 Å². The fourth-order valence-electron chi connectivity index (χ4n) is 3.98. The Morgan fingerprint density at radius 2 is 1.32 bits per heavy atom. The molecule has 0 bridgehead atoms. The quantitative estimate of drug-likeness (QED) is 0.230. The van der Waals surface area contributed by atoms with Gasteiger partial charge in [0, 0.05) is 0 Å². The van der Waals surface area contributed by atoms with Gasteiger partial charge < -0.3 is 23.7 Å². The highest BCUT2D eigenvalue weighted by Gasteiger charge is 2.55. The first kappa shape index (κ1) is 34.6. The largest absolute Gasteiger partial charge is 0.414 e. The molecule has 1 fully saturated rings. The van der Waals surface area contributed by atoms with Crippen molar-refractivity contribution in [3.05, 3.63) is 11.6 Å². The van der Waals surface area contributed by atoms with Gasteiger partial charge in [-0.05, 0) is 66.0 Å². The summed E-state index contributed by atoms with van der Waals surface area (Å²) in [5, 5.41) is 0.217. The summed E-state index contributed by atoms with van der Waals surface area (Å²) in [4.78, 5) is 13.1. The Morgan fingerprint density at radius 1 is 0.829 bits per heavy atom. The third kappa shape index (κ3) is 6.95. The zero-order valence-electron chi connectivity index (χ0n) is 28.0. The number of nitrogens with zero attached hydrogens (tertiary/aromatic N) is 4. The van der Waals surface area contributed by atoms with Crippen LogP contribution in [0.3, 0.4) is 0 Å². The van der Waals surface area contributed by atoms with Gasteiger partial charge in [-0.1, -0.05) is 62.3 Å². The molecule has 1 saturated heterocycles. The molecule has 1 aliphatic heterocycles. The van der Waals surface area contributed by atoms with Crippen molar-refractivity contribution in [3.63, 3.8) is 0 Å². The van der Waals surface area contributed by atoms with Crippen molar-refractivity contribution in [2.24, 2.45) is 0 Å². The number of halogens is 1. The molecule has 1 aliphatic rings. The molecule has 2 aromatic rings. The topological polar surface area (TPSA) is 107 Å². The molecular weight excluding hydrogens is 590 g/mol. The van der Waals surface area contributed by atoms with Gasteiger partial charge in [0.1, 0.15) is 24.6 Å². The second-order valence-corrected chi connectivity index (χ2v) is 30.7. The summed E-state index contributed by atoms with van der Waals surface area (Å²) in [7, 11) is -6.67. The van der Waals surface area contributed by atoms with E-state index in [9.17, 15) is 0 Å². The van der Waals surface area contributed by atoms with Crippen LogP contribution in [-0.2, 0) is 18.0 Å². The lowest BCUT2D eigenvalue weighted by Gasteiger charge is -2.44. The first-order chi connectivity index (χ1) is 18.3. The zero-order chi connectivity index (χ0) is 31.6. The Kier molecular flexibility index (Phi) is 9.49. The summed E-state index contributed by atoms with van der Waals surface area (Å²) in [5.41, 5.74) is 7.11. The third-order valence-corrected chi connectivity index (χ3v) is 23.6. The van der Waals surface area contributed by atoms with E-state index in [1.54, 1.807) is 4.57 Å². The van der Waals surface area contributed by atoms with E-state index >= 15 is 0 Å². The van der Waals surface area contributed by atoms with Crippen LogP contribution in [0.5, 0.6) is 0 Å². The first-order valence-corrected chi connectivity index (χ1v) is 23.7. The van der Waals surface area contributed by atoms with Gasteiger partial charge in [0.2, 0.25) is 5.28 Å². The summed E-state index contributed by atoms with van der Waals surface area (Å²) in [5.74, 6) is 0.266. The predicted octanol–water partition coefficient (Wildman–Crippen LogP) is 7.76. The Balaban J connectivity index is 2.20. The van der Waals surface area contributed by atoms with Gasteiger partial charge in [0.15, 0.2) is 48.2 Å². The van der Waals surface area contributed by atoms with E-state index in [1.165, 1.54) is 6.33 Å². The molecule has 0 aromatic carbocycles. The second kappa shape index (κ2) is 11.2. The molecule has 0 radical (unpaired) electrons. The molecule has 41 heavy (non-hydrogen) atoms. The van der Waals surface area contributed by atoms with Crippen molar-refractivity contribution >= 4 is 53.5 Å². The van der Waals surface area contributed by atoms with Crippen molar-refractivity contribution in [1.29, 1.82) is 0 Å². The van der Waals surface area contributed by atoms with Crippen LogP contribution in [0.4, 0.5) is 5.82 Å². The summed E-state index contributed by atoms with van der Waals surface area (Å²) in [6.45, 7) is 34.1. The number of nitrogens with two attached hydrogens (primary N) is 1. The summed E-state index contributed by atoms with van der Waals surface area (Å²) < 4.78 is 29.9. The van der Waals surface area contributed by atoms with Crippen molar-refractivity contribution in [2.75, 3.05) is 12.3 Å². The number of aromatic nitrogens is 4. The molecule has 3 heterocycles. The average molecular weight is 644 g/mol. The molecule has 0 amide bonds. The van der Waals surface area contributed by atoms with Crippen molar-refractivity contribution in [1.82, 2.24) is 19.5 Å². The Hall–Kier alpha value is -0.869. The third-order valence-electron chi connectivity index (χ3n) is 9.89. The van der Waals surface area contributed by atoms with E-state index < -0.39 is 37.3 Å². The summed E-state index contributed by atoms with van der Waals surface area (Å²) in [6, 6.07) is 0. The molecule has 3 rings (SSSR count). The van der Waals surface area contributed by atoms with E-state index in [-0.39, 0.29) is 38.4 Å². The number of imidazole rings is 1. The van der Waals surface area contributed by atoms with Gasteiger partial charge in [0.25, 0.3) is 0 Å². The first-order valence-electron chi connectivity index (χ1n) is 14.6. The van der Waals surface area contributed by atoms with Crippen molar-refractivity contribution < 1.29 is 18.0 Å². The number of hydrogen-bond acceptors (Lipinski definition) is 8. The molecule has 9 nitrogen and oxygen atoms in total. The Bertz CT molecular complexity index is 1230. The lowest BCUT2D eigenvalue weighted by Crippen LogP contribution is -2.54. The normalized spacial score (nSPS) is 23.5. The van der Waals surface area contributed by atoms with E-state index in [2.05, 4.69) is 117 Å². The minimum atomic E-state index is -2.31. The lowest BCUT2D eigenvalue weighted by atomic mass is 10.1. The highest BCUT2D eigenvalue weighted by Crippen LogP contribution is 2.47. The van der Waals surface area contributed by atoms with Gasteiger partial charge in [-0.3, -0.25) is 4.57 Å². The van der Waals surface area contributed by atoms with E-state index in [0.717, 1.165) is 0 Å². The van der Waals surface area contributed by atoms with Gasteiger partial charge in [-0.15, -0.1) is 0 Å².